The van der Waals surface area contributed by atoms with Gasteiger partial charge >= 0.3 is 6.18 Å². The van der Waals surface area contributed by atoms with Gasteiger partial charge in [-0.05, 0) is 25.1 Å². The lowest BCUT2D eigenvalue weighted by Crippen LogP contribution is -2.12. The highest BCUT2D eigenvalue weighted by Crippen LogP contribution is 2.31. The van der Waals surface area contributed by atoms with Gasteiger partial charge in [0.1, 0.15) is 5.82 Å². The van der Waals surface area contributed by atoms with E-state index in [-0.39, 0.29) is 11.8 Å². The molecule has 120 valence electrons. The monoisotopic (exact) mass is 339 g/mol. The number of aryl methyl sites for hydroxylation is 1. The van der Waals surface area contributed by atoms with Crippen LogP contribution in [0, 0.1) is 6.92 Å². The number of nitrogens with one attached hydrogen (secondary N) is 2. The van der Waals surface area contributed by atoms with E-state index >= 15 is 0 Å². The van der Waals surface area contributed by atoms with Crippen LogP contribution in [0.5, 0.6) is 0 Å². The van der Waals surface area contributed by atoms with Crippen LogP contribution < -0.4 is 10.6 Å². The fourth-order valence-corrected chi connectivity index (χ4v) is 2.84. The summed E-state index contributed by atoms with van der Waals surface area (Å²) in [6.07, 6.45) is -4.54. The Bertz CT molecular complexity index is 859. The number of fused-ring (bicyclic) bond motifs is 1. The predicted octanol–water partition coefficient (Wildman–Crippen LogP) is 4.20. The third-order valence-corrected chi connectivity index (χ3v) is 3.96. The highest BCUT2D eigenvalue weighted by molar-refractivity contribution is 7.18. The van der Waals surface area contributed by atoms with Crippen LogP contribution in [0.15, 0.2) is 24.3 Å². The van der Waals surface area contributed by atoms with Crippen molar-refractivity contribution in [2.45, 2.75) is 13.1 Å². The summed E-state index contributed by atoms with van der Waals surface area (Å²) in [5.41, 5.74) is 0.387. The molecule has 0 fully saturated rings. The zero-order valence-electron chi connectivity index (χ0n) is 12.2. The van der Waals surface area contributed by atoms with Crippen molar-refractivity contribution in [3.05, 3.63) is 35.0 Å². The molecule has 0 saturated carbocycles. The first kappa shape index (κ1) is 15.5. The summed E-state index contributed by atoms with van der Waals surface area (Å²) in [7, 11) is 1.46. The van der Waals surface area contributed by atoms with E-state index in [2.05, 4.69) is 25.6 Å². The molecule has 0 unspecified atom stereocenters. The summed E-state index contributed by atoms with van der Waals surface area (Å²) in [6, 6.07) is 6.28. The Labute approximate surface area is 133 Å². The molecule has 0 atom stereocenters. The Morgan fingerprint density at radius 1 is 1.09 bits per heavy atom. The molecule has 23 heavy (non-hydrogen) atoms. The highest BCUT2D eigenvalue weighted by Gasteiger charge is 2.33. The Hall–Kier alpha value is -2.42. The molecule has 5 nitrogen and oxygen atoms in total. The van der Waals surface area contributed by atoms with Crippen molar-refractivity contribution in [2.24, 2.45) is 0 Å². The Morgan fingerprint density at radius 2 is 1.87 bits per heavy atom. The zero-order valence-corrected chi connectivity index (χ0v) is 13.0. The van der Waals surface area contributed by atoms with E-state index in [4.69, 9.17) is 0 Å². The standard InChI is InChI=1S/C14H12F3N5S/c1-7-19-9-5-8(3-4-10(9)23-7)20-12-6-11(14(15,16)17)21-13(18-2)22-12/h3-6H,1-2H3,(H2,18,20,21,22). The van der Waals surface area contributed by atoms with E-state index in [1.54, 1.807) is 23.5 Å². The van der Waals surface area contributed by atoms with Gasteiger partial charge in [-0.3, -0.25) is 0 Å². The number of nitrogens with zero attached hydrogens (tertiary/aromatic N) is 3. The van der Waals surface area contributed by atoms with Crippen LogP contribution in [0.1, 0.15) is 10.7 Å². The second-order valence-corrected chi connectivity index (χ2v) is 5.98. The summed E-state index contributed by atoms with van der Waals surface area (Å²) in [6.45, 7) is 1.90. The molecule has 2 aromatic heterocycles. The second kappa shape index (κ2) is 5.65. The topological polar surface area (TPSA) is 62.7 Å². The number of aromatic nitrogens is 3. The maximum absolute atomic E-state index is 12.9. The van der Waals surface area contributed by atoms with Crippen molar-refractivity contribution in [1.82, 2.24) is 15.0 Å². The highest BCUT2D eigenvalue weighted by atomic mass is 32.1. The molecule has 0 radical (unpaired) electrons. The zero-order chi connectivity index (χ0) is 16.6. The van der Waals surface area contributed by atoms with Crippen molar-refractivity contribution in [2.75, 3.05) is 17.7 Å². The Kier molecular flexibility index (Phi) is 3.80. The molecule has 2 N–H and O–H groups in total. The molecule has 0 aliphatic carbocycles. The fourth-order valence-electron chi connectivity index (χ4n) is 2.04. The molecule has 0 spiro atoms. The van der Waals surface area contributed by atoms with Gasteiger partial charge in [-0.25, -0.2) is 9.97 Å². The lowest BCUT2D eigenvalue weighted by atomic mass is 10.3. The largest absolute Gasteiger partial charge is 0.433 e. The predicted molar refractivity (Wildman–Crippen MR) is 84.2 cm³/mol. The van der Waals surface area contributed by atoms with Gasteiger partial charge in [0, 0.05) is 18.8 Å². The van der Waals surface area contributed by atoms with Crippen LogP contribution in [0.2, 0.25) is 0 Å². The normalized spacial score (nSPS) is 11.7. The average Bonchev–Trinajstić information content (AvgIpc) is 2.85. The molecule has 0 amide bonds. The minimum Gasteiger partial charge on any atom is -0.357 e. The van der Waals surface area contributed by atoms with Crippen LogP contribution in [0.25, 0.3) is 10.2 Å². The summed E-state index contributed by atoms with van der Waals surface area (Å²) in [5.74, 6) is -0.0455. The van der Waals surface area contributed by atoms with Crippen LogP contribution in [-0.2, 0) is 6.18 Å². The van der Waals surface area contributed by atoms with Crippen molar-refractivity contribution >= 4 is 39.0 Å². The summed E-state index contributed by atoms with van der Waals surface area (Å²) in [4.78, 5) is 11.8. The minimum absolute atomic E-state index is 0.0583. The summed E-state index contributed by atoms with van der Waals surface area (Å²) in [5, 5.41) is 6.32. The molecule has 3 rings (SSSR count). The van der Waals surface area contributed by atoms with Crippen LogP contribution in [0.4, 0.5) is 30.6 Å². The average molecular weight is 339 g/mol. The Balaban J connectivity index is 1.96. The maximum atomic E-state index is 12.9. The number of rotatable bonds is 3. The van der Waals surface area contributed by atoms with E-state index in [1.807, 2.05) is 13.0 Å². The molecule has 0 aliphatic rings. The van der Waals surface area contributed by atoms with E-state index in [0.717, 1.165) is 21.3 Å². The molecule has 0 aliphatic heterocycles. The SMILES string of the molecule is CNc1nc(Nc2ccc3sc(C)nc3c2)cc(C(F)(F)F)n1. The second-order valence-electron chi connectivity index (χ2n) is 4.75. The first-order valence-electron chi connectivity index (χ1n) is 6.63. The third-order valence-electron chi connectivity index (χ3n) is 3.01. The van der Waals surface area contributed by atoms with Crippen molar-refractivity contribution < 1.29 is 13.2 Å². The van der Waals surface area contributed by atoms with Crippen LogP contribution in [0.3, 0.4) is 0 Å². The fraction of sp³-hybridized carbons (Fsp3) is 0.214. The first-order valence-corrected chi connectivity index (χ1v) is 7.45. The summed E-state index contributed by atoms with van der Waals surface area (Å²) >= 11 is 1.56. The summed E-state index contributed by atoms with van der Waals surface area (Å²) < 4.78 is 39.7. The minimum atomic E-state index is -4.54. The third kappa shape index (κ3) is 3.34. The van der Waals surface area contributed by atoms with E-state index in [1.165, 1.54) is 7.05 Å². The smallest absolute Gasteiger partial charge is 0.357 e. The van der Waals surface area contributed by atoms with E-state index in [0.29, 0.717) is 5.69 Å². The van der Waals surface area contributed by atoms with Crippen molar-refractivity contribution in [1.29, 1.82) is 0 Å². The molecular weight excluding hydrogens is 327 g/mol. The number of anilines is 3. The van der Waals surface area contributed by atoms with Gasteiger partial charge in [-0.2, -0.15) is 18.2 Å². The number of hydrogen-bond donors (Lipinski definition) is 2. The molecule has 0 saturated heterocycles. The van der Waals surface area contributed by atoms with Gasteiger partial charge in [-0.1, -0.05) is 0 Å². The molecule has 9 heteroatoms. The van der Waals surface area contributed by atoms with Crippen molar-refractivity contribution in [3.8, 4) is 0 Å². The van der Waals surface area contributed by atoms with Gasteiger partial charge in [-0.15, -0.1) is 11.3 Å². The Morgan fingerprint density at radius 3 is 2.57 bits per heavy atom. The number of hydrogen-bond acceptors (Lipinski definition) is 6. The van der Waals surface area contributed by atoms with Gasteiger partial charge < -0.3 is 10.6 Å². The molecule has 2 heterocycles. The molecule has 3 aromatic rings. The molecular formula is C14H12F3N5S. The number of alkyl halides is 3. The first-order chi connectivity index (χ1) is 10.8. The maximum Gasteiger partial charge on any atom is 0.433 e. The van der Waals surface area contributed by atoms with Gasteiger partial charge in [0.2, 0.25) is 5.95 Å². The number of thiazole rings is 1. The van der Waals surface area contributed by atoms with Crippen molar-refractivity contribution in [3.63, 3.8) is 0 Å². The van der Waals surface area contributed by atoms with Gasteiger partial charge in [0.05, 0.1) is 15.2 Å². The number of halogens is 3. The van der Waals surface area contributed by atoms with Crippen LogP contribution >= 0.6 is 11.3 Å². The molecule has 1 aromatic carbocycles. The van der Waals surface area contributed by atoms with Gasteiger partial charge in [0.15, 0.2) is 5.69 Å². The van der Waals surface area contributed by atoms with Gasteiger partial charge in [0.25, 0.3) is 0 Å². The van der Waals surface area contributed by atoms with E-state index < -0.39 is 11.9 Å². The molecule has 0 bridgehead atoms. The lowest BCUT2D eigenvalue weighted by Gasteiger charge is -2.11. The van der Waals surface area contributed by atoms with E-state index in [9.17, 15) is 13.2 Å². The quantitative estimate of drug-likeness (QED) is 0.749. The number of benzene rings is 1. The van der Waals surface area contributed by atoms with Crippen LogP contribution in [-0.4, -0.2) is 22.0 Å². The lowest BCUT2D eigenvalue weighted by molar-refractivity contribution is -0.141.